The van der Waals surface area contributed by atoms with Crippen LogP contribution in [0.5, 0.6) is 0 Å². The second-order valence-corrected chi connectivity index (χ2v) is 10.2. The molecule has 0 fully saturated rings. The van der Waals surface area contributed by atoms with E-state index in [0.717, 1.165) is 43.7 Å². The van der Waals surface area contributed by atoms with Crippen LogP contribution in [0.15, 0.2) is 58.8 Å². The van der Waals surface area contributed by atoms with Crippen LogP contribution in [0.1, 0.15) is 49.9 Å². The van der Waals surface area contributed by atoms with Crippen LogP contribution >= 0.6 is 23.5 Å². The molecule has 0 aliphatic rings. The van der Waals surface area contributed by atoms with Gasteiger partial charge in [0.15, 0.2) is 0 Å². The normalized spacial score (nSPS) is 11.7. The van der Waals surface area contributed by atoms with Gasteiger partial charge in [-0.1, -0.05) is 39.8 Å². The number of aromatic nitrogens is 2. The molecule has 4 aromatic rings. The SMILES string of the molecule is CCSc1c(C#N)c(C(C)(C)c2c(C#N)c(SCC)n3ccccc23)c2ccccn12. The van der Waals surface area contributed by atoms with Crippen LogP contribution in [0.25, 0.3) is 11.0 Å². The van der Waals surface area contributed by atoms with E-state index >= 15 is 0 Å². The molecule has 0 bridgehead atoms. The van der Waals surface area contributed by atoms with Crippen molar-refractivity contribution < 1.29 is 0 Å². The predicted molar refractivity (Wildman–Crippen MR) is 129 cm³/mol. The molecule has 0 N–H and O–H groups in total. The molecular formula is C25H24N4S2. The van der Waals surface area contributed by atoms with Gasteiger partial charge in [0.05, 0.1) is 32.2 Å². The summed E-state index contributed by atoms with van der Waals surface area (Å²) in [6.45, 7) is 8.48. The average Bonchev–Trinajstić information content (AvgIpc) is 3.28. The Hall–Kier alpha value is -2.80. The van der Waals surface area contributed by atoms with Gasteiger partial charge in [-0.15, -0.1) is 23.5 Å². The lowest BCUT2D eigenvalue weighted by atomic mass is 9.75. The van der Waals surface area contributed by atoms with E-state index in [1.807, 2.05) is 36.7 Å². The van der Waals surface area contributed by atoms with Crippen molar-refractivity contribution in [2.45, 2.75) is 43.2 Å². The van der Waals surface area contributed by atoms with Crippen LogP contribution in [0, 0.1) is 22.7 Å². The first-order valence-corrected chi connectivity index (χ1v) is 12.3. The van der Waals surface area contributed by atoms with E-state index in [4.69, 9.17) is 0 Å². The third-order valence-corrected chi connectivity index (χ3v) is 7.56. The zero-order valence-electron chi connectivity index (χ0n) is 18.1. The average molecular weight is 445 g/mol. The number of hydrogen-bond donors (Lipinski definition) is 0. The zero-order chi connectivity index (χ0) is 22.2. The van der Waals surface area contributed by atoms with Gasteiger partial charge in [0.2, 0.25) is 0 Å². The van der Waals surface area contributed by atoms with Gasteiger partial charge in [-0.2, -0.15) is 10.5 Å². The van der Waals surface area contributed by atoms with Crippen LogP contribution in [0.3, 0.4) is 0 Å². The molecule has 0 saturated heterocycles. The van der Waals surface area contributed by atoms with Crippen molar-refractivity contribution in [3.8, 4) is 12.1 Å². The minimum absolute atomic E-state index is 0.547. The van der Waals surface area contributed by atoms with Gasteiger partial charge in [-0.25, -0.2) is 0 Å². The van der Waals surface area contributed by atoms with Crippen molar-refractivity contribution in [2.75, 3.05) is 11.5 Å². The Morgan fingerprint density at radius 2 is 1.19 bits per heavy atom. The largest absolute Gasteiger partial charge is 0.310 e. The molecule has 0 radical (unpaired) electrons. The Bertz CT molecular complexity index is 1260. The van der Waals surface area contributed by atoms with E-state index in [-0.39, 0.29) is 0 Å². The molecule has 0 atom stereocenters. The topological polar surface area (TPSA) is 56.4 Å². The van der Waals surface area contributed by atoms with E-state index < -0.39 is 5.41 Å². The number of hydrogen-bond acceptors (Lipinski definition) is 4. The van der Waals surface area contributed by atoms with Crippen molar-refractivity contribution in [1.82, 2.24) is 8.80 Å². The summed E-state index contributed by atoms with van der Waals surface area (Å²) >= 11 is 3.36. The maximum absolute atomic E-state index is 10.2. The minimum atomic E-state index is -0.547. The molecule has 6 heteroatoms. The van der Waals surface area contributed by atoms with Gasteiger partial charge in [0.1, 0.15) is 12.1 Å². The van der Waals surface area contributed by atoms with E-state index in [2.05, 4.69) is 60.8 Å². The lowest BCUT2D eigenvalue weighted by Gasteiger charge is -2.26. The fourth-order valence-corrected chi connectivity index (χ4v) is 6.24. The molecule has 4 nitrogen and oxygen atoms in total. The van der Waals surface area contributed by atoms with Gasteiger partial charge in [-0.3, -0.25) is 0 Å². The summed E-state index contributed by atoms with van der Waals surface area (Å²) in [6.07, 6.45) is 4.05. The second-order valence-electron chi connectivity index (χ2n) is 7.74. The summed E-state index contributed by atoms with van der Waals surface area (Å²) in [5.41, 5.74) is 4.85. The highest BCUT2D eigenvalue weighted by molar-refractivity contribution is 7.99. The Morgan fingerprint density at radius 1 is 0.774 bits per heavy atom. The Kier molecular flexibility index (Phi) is 5.79. The minimum Gasteiger partial charge on any atom is -0.310 e. The van der Waals surface area contributed by atoms with Gasteiger partial charge >= 0.3 is 0 Å². The Morgan fingerprint density at radius 3 is 1.55 bits per heavy atom. The van der Waals surface area contributed by atoms with Crippen molar-refractivity contribution in [2.24, 2.45) is 0 Å². The first-order valence-electron chi connectivity index (χ1n) is 10.3. The quantitative estimate of drug-likeness (QED) is 0.319. The maximum Gasteiger partial charge on any atom is 0.102 e. The fraction of sp³-hybridized carbons (Fsp3) is 0.280. The molecule has 156 valence electrons. The molecular weight excluding hydrogens is 420 g/mol. The van der Waals surface area contributed by atoms with Gasteiger partial charge in [0.25, 0.3) is 0 Å². The summed E-state index contributed by atoms with van der Waals surface area (Å²) in [6, 6.07) is 17.2. The van der Waals surface area contributed by atoms with Crippen molar-refractivity contribution in [3.63, 3.8) is 0 Å². The molecule has 0 unspecified atom stereocenters. The number of fused-ring (bicyclic) bond motifs is 2. The number of thioether (sulfide) groups is 2. The molecule has 31 heavy (non-hydrogen) atoms. The number of nitrogens with zero attached hydrogens (tertiary/aromatic N) is 4. The first-order chi connectivity index (χ1) is 15.0. The molecule has 4 aromatic heterocycles. The Labute approximate surface area is 191 Å². The fourth-order valence-electron chi connectivity index (χ4n) is 4.51. The van der Waals surface area contributed by atoms with E-state index in [0.29, 0.717) is 11.1 Å². The standard InChI is InChI=1S/C25H24N4S2/c1-5-30-23-17(15-26)21(19-11-7-9-13-28(19)23)25(3,4)22-18(16-27)24(31-6-2)29-14-10-8-12-20(22)29/h7-14H,5-6H2,1-4H3. The van der Waals surface area contributed by atoms with E-state index in [9.17, 15) is 10.5 Å². The summed E-state index contributed by atoms with van der Waals surface area (Å²) in [7, 11) is 0. The van der Waals surface area contributed by atoms with Crippen molar-refractivity contribution in [1.29, 1.82) is 10.5 Å². The third kappa shape index (κ3) is 3.22. The number of rotatable bonds is 6. The summed E-state index contributed by atoms with van der Waals surface area (Å²) in [5.74, 6) is 1.76. The first kappa shape index (κ1) is 21.4. The second kappa shape index (κ2) is 8.38. The smallest absolute Gasteiger partial charge is 0.102 e. The summed E-state index contributed by atoms with van der Waals surface area (Å²) in [5, 5.41) is 22.4. The molecule has 4 rings (SSSR count). The highest BCUT2D eigenvalue weighted by Gasteiger charge is 2.37. The van der Waals surface area contributed by atoms with Crippen LogP contribution < -0.4 is 0 Å². The highest BCUT2D eigenvalue weighted by Crippen LogP contribution is 2.46. The monoisotopic (exact) mass is 444 g/mol. The molecule has 0 aliphatic heterocycles. The van der Waals surface area contributed by atoms with Gasteiger partial charge in [-0.05, 0) is 35.8 Å². The van der Waals surface area contributed by atoms with Crippen LogP contribution in [0.4, 0.5) is 0 Å². The Balaban J connectivity index is 2.13. The molecule has 0 spiro atoms. The highest BCUT2D eigenvalue weighted by atomic mass is 32.2. The van der Waals surface area contributed by atoms with Crippen molar-refractivity contribution in [3.05, 3.63) is 71.0 Å². The molecule has 0 saturated carbocycles. The van der Waals surface area contributed by atoms with E-state index in [1.54, 1.807) is 23.5 Å². The lowest BCUT2D eigenvalue weighted by Crippen LogP contribution is -2.21. The number of nitriles is 2. The van der Waals surface area contributed by atoms with Crippen LogP contribution in [0.2, 0.25) is 0 Å². The summed E-state index contributed by atoms with van der Waals surface area (Å²) < 4.78 is 4.24. The van der Waals surface area contributed by atoms with Crippen molar-refractivity contribution >= 4 is 34.6 Å². The van der Waals surface area contributed by atoms with Gasteiger partial charge in [0, 0.05) is 28.9 Å². The molecule has 4 heterocycles. The molecule has 0 aromatic carbocycles. The van der Waals surface area contributed by atoms with Crippen LogP contribution in [-0.4, -0.2) is 20.3 Å². The summed E-state index contributed by atoms with van der Waals surface area (Å²) in [4.78, 5) is 0. The van der Waals surface area contributed by atoms with Crippen LogP contribution in [-0.2, 0) is 5.41 Å². The maximum atomic E-state index is 10.2. The molecule has 0 aliphatic carbocycles. The van der Waals surface area contributed by atoms with E-state index in [1.165, 1.54) is 0 Å². The predicted octanol–water partition coefficient (Wildman–Crippen LogP) is 6.49. The molecule has 0 amide bonds. The third-order valence-electron chi connectivity index (χ3n) is 5.63. The zero-order valence-corrected chi connectivity index (χ0v) is 19.8. The number of pyridine rings is 2. The lowest BCUT2D eigenvalue weighted by molar-refractivity contribution is 0.649. The van der Waals surface area contributed by atoms with Gasteiger partial charge < -0.3 is 8.80 Å².